The molecule has 0 radical (unpaired) electrons. The van der Waals surface area contributed by atoms with E-state index in [4.69, 9.17) is 4.74 Å². The van der Waals surface area contributed by atoms with Crippen LogP contribution in [0.3, 0.4) is 0 Å². The molecule has 0 aliphatic heterocycles. The highest BCUT2D eigenvalue weighted by atomic mass is 32.2. The number of rotatable bonds is 7. The van der Waals surface area contributed by atoms with E-state index in [1.807, 2.05) is 44.2 Å². The van der Waals surface area contributed by atoms with Crippen molar-refractivity contribution in [1.82, 2.24) is 4.72 Å². The van der Waals surface area contributed by atoms with Crippen molar-refractivity contribution in [2.24, 2.45) is 0 Å². The van der Waals surface area contributed by atoms with E-state index in [2.05, 4.69) is 11.6 Å². The zero-order chi connectivity index (χ0) is 23.5. The molecule has 0 spiro atoms. The molecular formula is C26H29NO4S. The third-order valence-electron chi connectivity index (χ3n) is 5.58. The molecule has 0 aromatic heterocycles. The van der Waals surface area contributed by atoms with Crippen molar-refractivity contribution in [1.29, 1.82) is 0 Å². The molecule has 1 N–H and O–H groups in total. The van der Waals surface area contributed by atoms with E-state index in [1.54, 1.807) is 38.1 Å². The van der Waals surface area contributed by atoms with Crippen LogP contribution in [0.5, 0.6) is 11.5 Å². The van der Waals surface area contributed by atoms with Gasteiger partial charge in [-0.3, -0.25) is 4.79 Å². The molecule has 0 unspecified atom stereocenters. The summed E-state index contributed by atoms with van der Waals surface area (Å²) in [6.45, 7) is 9.39. The molecule has 0 bridgehead atoms. The van der Waals surface area contributed by atoms with Crippen molar-refractivity contribution in [3.63, 3.8) is 0 Å². The number of benzene rings is 3. The summed E-state index contributed by atoms with van der Waals surface area (Å²) in [6.07, 6.45) is 1.77. The molecule has 168 valence electrons. The standard InChI is InChI=1S/C26H29NO4S/c1-6-10-21-13-14-23(24(16-21)31-22-11-8-7-9-12-22)26(28)27-32(29,30)25-18(3)15-17(2)19(4)20(25)5/h7-9,11-16H,6,10H2,1-5H3,(H,27,28). The quantitative estimate of drug-likeness (QED) is 0.494. The Morgan fingerprint density at radius 2 is 1.59 bits per heavy atom. The van der Waals surface area contributed by atoms with Gasteiger partial charge in [0.2, 0.25) is 0 Å². The van der Waals surface area contributed by atoms with Crippen molar-refractivity contribution in [3.05, 3.63) is 88.0 Å². The van der Waals surface area contributed by atoms with E-state index in [0.717, 1.165) is 29.5 Å². The van der Waals surface area contributed by atoms with Crippen LogP contribution in [-0.2, 0) is 16.4 Å². The minimum atomic E-state index is -4.07. The first kappa shape index (κ1) is 23.5. The second-order valence-corrected chi connectivity index (χ2v) is 9.64. The SMILES string of the molecule is CCCc1ccc(C(=O)NS(=O)(=O)c2c(C)cc(C)c(C)c2C)c(Oc2ccccc2)c1. The van der Waals surface area contributed by atoms with Crippen molar-refractivity contribution >= 4 is 15.9 Å². The van der Waals surface area contributed by atoms with E-state index in [9.17, 15) is 13.2 Å². The third kappa shape index (κ3) is 5.02. The van der Waals surface area contributed by atoms with E-state index in [0.29, 0.717) is 22.6 Å². The Bertz CT molecular complexity index is 1250. The lowest BCUT2D eigenvalue weighted by molar-refractivity contribution is 0.0979. The Hall–Kier alpha value is -3.12. The Morgan fingerprint density at radius 3 is 2.25 bits per heavy atom. The number of ether oxygens (including phenoxy) is 1. The number of hydrogen-bond acceptors (Lipinski definition) is 4. The Morgan fingerprint density at radius 1 is 0.906 bits per heavy atom. The summed E-state index contributed by atoms with van der Waals surface area (Å²) in [5.74, 6) is 0.165. The highest BCUT2D eigenvalue weighted by Gasteiger charge is 2.26. The Kier molecular flexibility index (Phi) is 7.04. The zero-order valence-corrected chi connectivity index (χ0v) is 20.0. The zero-order valence-electron chi connectivity index (χ0n) is 19.2. The average molecular weight is 452 g/mol. The van der Waals surface area contributed by atoms with Gasteiger partial charge in [-0.1, -0.05) is 43.7 Å². The molecule has 0 aliphatic carbocycles. The molecule has 0 atom stereocenters. The van der Waals surface area contributed by atoms with Gasteiger partial charge in [-0.05, 0) is 86.2 Å². The number of aryl methyl sites for hydroxylation is 3. The molecule has 32 heavy (non-hydrogen) atoms. The van der Waals surface area contributed by atoms with E-state index < -0.39 is 15.9 Å². The van der Waals surface area contributed by atoms with E-state index in [1.165, 1.54) is 0 Å². The first-order valence-electron chi connectivity index (χ1n) is 10.6. The van der Waals surface area contributed by atoms with Gasteiger partial charge in [0.1, 0.15) is 11.5 Å². The van der Waals surface area contributed by atoms with Gasteiger partial charge < -0.3 is 4.74 Å². The maximum absolute atomic E-state index is 13.2. The molecule has 6 heteroatoms. The van der Waals surface area contributed by atoms with Crippen LogP contribution in [-0.4, -0.2) is 14.3 Å². The minimum Gasteiger partial charge on any atom is -0.457 e. The number of hydrogen-bond donors (Lipinski definition) is 1. The summed E-state index contributed by atoms with van der Waals surface area (Å²) in [6, 6.07) is 16.2. The molecule has 0 saturated heterocycles. The van der Waals surface area contributed by atoms with Gasteiger partial charge in [-0.2, -0.15) is 0 Å². The van der Waals surface area contributed by atoms with Crippen molar-refractivity contribution in [2.45, 2.75) is 52.4 Å². The molecule has 0 aliphatic rings. The van der Waals surface area contributed by atoms with Gasteiger partial charge >= 0.3 is 0 Å². The van der Waals surface area contributed by atoms with Crippen LogP contribution in [0.25, 0.3) is 0 Å². The van der Waals surface area contributed by atoms with Crippen LogP contribution in [0.2, 0.25) is 0 Å². The summed E-state index contributed by atoms with van der Waals surface area (Å²) >= 11 is 0. The first-order chi connectivity index (χ1) is 15.1. The number of para-hydroxylation sites is 1. The largest absolute Gasteiger partial charge is 0.457 e. The summed E-state index contributed by atoms with van der Waals surface area (Å²) in [4.78, 5) is 13.3. The lowest BCUT2D eigenvalue weighted by Gasteiger charge is -2.17. The van der Waals surface area contributed by atoms with Crippen molar-refractivity contribution < 1.29 is 17.9 Å². The smallest absolute Gasteiger partial charge is 0.268 e. The molecular weight excluding hydrogens is 422 g/mol. The molecule has 0 fully saturated rings. The minimum absolute atomic E-state index is 0.141. The molecule has 0 saturated carbocycles. The van der Waals surface area contributed by atoms with Crippen molar-refractivity contribution in [3.8, 4) is 11.5 Å². The summed E-state index contributed by atoms with van der Waals surface area (Å²) < 4.78 is 34.6. The van der Waals surface area contributed by atoms with Gasteiger partial charge in [0.15, 0.2) is 0 Å². The topological polar surface area (TPSA) is 72.5 Å². The van der Waals surface area contributed by atoms with Crippen molar-refractivity contribution in [2.75, 3.05) is 0 Å². The van der Waals surface area contributed by atoms with Gasteiger partial charge in [0.25, 0.3) is 15.9 Å². The average Bonchev–Trinajstić information content (AvgIpc) is 2.72. The number of carbonyl (C=O) groups is 1. The third-order valence-corrected chi connectivity index (χ3v) is 7.20. The lowest BCUT2D eigenvalue weighted by Crippen LogP contribution is -2.32. The molecule has 3 aromatic rings. The predicted molar refractivity (Wildman–Crippen MR) is 127 cm³/mol. The fourth-order valence-corrected chi connectivity index (χ4v) is 5.30. The molecule has 3 rings (SSSR count). The fourth-order valence-electron chi connectivity index (χ4n) is 3.80. The van der Waals surface area contributed by atoms with Gasteiger partial charge in [0.05, 0.1) is 10.5 Å². The van der Waals surface area contributed by atoms with Crippen LogP contribution >= 0.6 is 0 Å². The Balaban J connectivity index is 1.99. The maximum atomic E-state index is 13.2. The number of sulfonamides is 1. The fraction of sp³-hybridized carbons (Fsp3) is 0.269. The highest BCUT2D eigenvalue weighted by molar-refractivity contribution is 7.90. The van der Waals surface area contributed by atoms with Crippen LogP contribution < -0.4 is 9.46 Å². The summed E-state index contributed by atoms with van der Waals surface area (Å²) in [5, 5.41) is 0. The van der Waals surface area contributed by atoms with E-state index in [-0.39, 0.29) is 10.5 Å². The Labute approximate surface area is 190 Å². The van der Waals surface area contributed by atoms with Gasteiger partial charge in [-0.25, -0.2) is 13.1 Å². The second kappa shape index (κ2) is 9.57. The lowest BCUT2D eigenvalue weighted by atomic mass is 10.0. The van der Waals surface area contributed by atoms with Gasteiger partial charge in [-0.15, -0.1) is 0 Å². The number of carbonyl (C=O) groups excluding carboxylic acids is 1. The summed E-state index contributed by atoms with van der Waals surface area (Å²) in [5.41, 5.74) is 4.32. The highest BCUT2D eigenvalue weighted by Crippen LogP contribution is 2.29. The molecule has 1 amide bonds. The molecule has 0 heterocycles. The van der Waals surface area contributed by atoms with Gasteiger partial charge in [0, 0.05) is 0 Å². The number of amides is 1. The number of nitrogens with one attached hydrogen (secondary N) is 1. The van der Waals surface area contributed by atoms with E-state index >= 15 is 0 Å². The van der Waals surface area contributed by atoms with Crippen LogP contribution in [0.1, 0.15) is 51.5 Å². The van der Waals surface area contributed by atoms with Crippen LogP contribution in [0, 0.1) is 27.7 Å². The van der Waals surface area contributed by atoms with Crippen LogP contribution in [0.15, 0.2) is 59.5 Å². The maximum Gasteiger partial charge on any atom is 0.268 e. The monoisotopic (exact) mass is 451 g/mol. The molecule has 5 nitrogen and oxygen atoms in total. The second-order valence-electron chi connectivity index (χ2n) is 8.02. The predicted octanol–water partition coefficient (Wildman–Crippen LogP) is 5.78. The first-order valence-corrected chi connectivity index (χ1v) is 12.1. The summed E-state index contributed by atoms with van der Waals surface area (Å²) in [7, 11) is -4.07. The molecule has 3 aromatic carbocycles. The van der Waals surface area contributed by atoms with Crippen LogP contribution in [0.4, 0.5) is 0 Å². The normalized spacial score (nSPS) is 11.3.